The Morgan fingerprint density at radius 1 is 0.234 bits per heavy atom. The van der Waals surface area contributed by atoms with Crippen LogP contribution in [0.15, 0.2) is 324 Å². The van der Waals surface area contributed by atoms with Crippen LogP contribution in [0.5, 0.6) is 0 Å². The number of aryl methyl sites for hydroxylation is 12. The summed E-state index contributed by atoms with van der Waals surface area (Å²) in [6, 6.07) is 96.3. The van der Waals surface area contributed by atoms with E-state index in [4.69, 9.17) is 9.97 Å². The van der Waals surface area contributed by atoms with Crippen molar-refractivity contribution < 1.29 is 101 Å². The Balaban J connectivity index is 0.000000140. The molecule has 717 valence electrons. The van der Waals surface area contributed by atoms with Crippen LogP contribution in [-0.2, 0) is 136 Å². The molecule has 0 fully saturated rings. The van der Waals surface area contributed by atoms with Crippen LogP contribution in [0, 0.1) is 78.8 Å². The minimum Gasteiger partial charge on any atom is -0.374 e. The topological polar surface area (TPSA) is 178 Å². The molecule has 5 radical (unpaired) electrons. The molecule has 23 rings (SSSR count). The average Bonchev–Trinajstić information content (AvgIpc) is 1.68. The predicted octanol–water partition coefficient (Wildman–Crippen LogP) is 25.5. The van der Waals surface area contributed by atoms with Gasteiger partial charge in [0.15, 0.2) is 0 Å². The first-order valence-corrected chi connectivity index (χ1v) is 45.6. The van der Waals surface area contributed by atoms with Crippen LogP contribution in [0.2, 0.25) is 0 Å². The molecule has 0 spiro atoms. The summed E-state index contributed by atoms with van der Waals surface area (Å²) in [5.74, 6) is 5.23. The van der Waals surface area contributed by atoms with Crippen LogP contribution >= 0.6 is 0 Å². The SMILES string of the molecule is CC(C)c1cccc(C(C)C)c1-n1ccnc1-c1[c-]ccc2ncn(C)c12.Cc1cc(-c2ccccc2)cc(C)c1-n1ccnc1-c1[c-]ccc2ncn(C)c12.Cc1cc(C)c(-n2ccnc2-c2[c-]ccc3ncn(C)c23)c(C)c1.Cc1cccc(C)c1-n1ccnc1-c1[c-]ccc2ncn(C)c12.Cn1cnc2cc[c-]c(-c3nccn3-c3c(-c4ccccc4)cccc3-c3ccccc3)c21.[Ir].[Ir].[Ir].[Ir].[Ir]. The fourth-order valence-electron chi connectivity index (χ4n) is 19.1. The van der Waals surface area contributed by atoms with Crippen LogP contribution < -0.4 is 0 Å². The third-order valence-electron chi connectivity index (χ3n) is 25.1. The summed E-state index contributed by atoms with van der Waals surface area (Å²) < 4.78 is 21.0. The largest absolute Gasteiger partial charge is 0.374 e. The van der Waals surface area contributed by atoms with Crippen molar-refractivity contribution in [2.75, 3.05) is 0 Å². The van der Waals surface area contributed by atoms with Gasteiger partial charge in [0.05, 0.1) is 66.4 Å². The van der Waals surface area contributed by atoms with Gasteiger partial charge in [-0.15, -0.1) is 91.0 Å². The number of benzene rings is 13. The second-order valence-electron chi connectivity index (χ2n) is 35.2. The molecular weight excluding hydrogens is 2630 g/mol. The Hall–Kier alpha value is -13.5. The van der Waals surface area contributed by atoms with E-state index in [0.717, 1.165) is 146 Å². The van der Waals surface area contributed by atoms with Gasteiger partial charge in [0.2, 0.25) is 0 Å². The molecule has 0 aliphatic rings. The Kier molecular flexibility index (Phi) is 33.0. The van der Waals surface area contributed by atoms with E-state index < -0.39 is 0 Å². The molecule has 13 aromatic carbocycles. The van der Waals surface area contributed by atoms with Gasteiger partial charge in [0.1, 0.15) is 0 Å². The molecule has 0 saturated carbocycles. The second-order valence-corrected chi connectivity index (χ2v) is 35.2. The molecule has 0 amide bonds. The van der Waals surface area contributed by atoms with Crippen LogP contribution in [0.1, 0.15) is 89.6 Å². The van der Waals surface area contributed by atoms with E-state index in [2.05, 4.69) is 327 Å². The number of rotatable bonds is 15. The fourth-order valence-corrected chi connectivity index (χ4v) is 19.1. The normalized spacial score (nSPS) is 11.0. The molecule has 0 unspecified atom stereocenters. The Bertz CT molecular complexity index is 8150. The number of aromatic nitrogens is 20. The molecule has 0 aliphatic carbocycles. The zero-order valence-electron chi connectivity index (χ0n) is 80.9. The maximum Gasteiger partial charge on any atom is 0.0852 e. The summed E-state index contributed by atoms with van der Waals surface area (Å²) in [7, 11) is 10.0. The summed E-state index contributed by atoms with van der Waals surface area (Å²) in [6.07, 6.45) is 28.6. The van der Waals surface area contributed by atoms with Gasteiger partial charge in [-0.3, -0.25) is 49.8 Å². The van der Waals surface area contributed by atoms with Gasteiger partial charge in [0.25, 0.3) is 0 Å². The van der Waals surface area contributed by atoms with E-state index in [0.29, 0.717) is 11.8 Å². The monoisotopic (exact) mass is 2740 g/mol. The summed E-state index contributed by atoms with van der Waals surface area (Å²) in [6.45, 7) is 24.0. The Morgan fingerprint density at radius 2 is 0.482 bits per heavy atom. The number of nitrogens with zero attached hydrogens (tertiary/aromatic N) is 20. The summed E-state index contributed by atoms with van der Waals surface area (Å²) in [5, 5.41) is 0. The average molecular weight is 2740 g/mol. The van der Waals surface area contributed by atoms with Crippen molar-refractivity contribution in [2.24, 2.45) is 35.2 Å². The quantitative estimate of drug-likeness (QED) is 0.0897. The van der Waals surface area contributed by atoms with Crippen molar-refractivity contribution in [3.63, 3.8) is 0 Å². The molecule has 141 heavy (non-hydrogen) atoms. The van der Waals surface area contributed by atoms with Gasteiger partial charge in [-0.05, 0) is 167 Å². The van der Waals surface area contributed by atoms with Gasteiger partial charge in [-0.2, -0.15) is 0 Å². The molecule has 20 nitrogen and oxygen atoms in total. The van der Waals surface area contributed by atoms with Crippen LogP contribution in [-0.4, -0.2) is 95.5 Å². The fraction of sp³-hybridized carbons (Fsp3) is 0.155. The van der Waals surface area contributed by atoms with Crippen molar-refractivity contribution in [3.05, 3.63) is 405 Å². The first-order chi connectivity index (χ1) is 66.2. The molecule has 10 heterocycles. The van der Waals surface area contributed by atoms with E-state index in [1.165, 1.54) is 78.3 Å². The van der Waals surface area contributed by atoms with E-state index in [1.54, 1.807) is 0 Å². The standard InChI is InChI=1S/C29H21N4.C25H21N4.C23H25N4.C20H19N4.C19H17N4.5Ir/c1-32-20-31-26-17-9-16-25(28(26)32)29-30-18-19-33(29)27-23(21-10-4-2-5-11-21)14-8-15-24(27)22-12-6-3-7-13-22;1-17-14-20(19-8-5-4-6-9-19)15-18(2)23(17)29-13-12-26-25(29)21-10-7-11-22-24(21)28(3)16-27-22;1-15(2)17-8-6-9-18(16(3)4)21(17)27-13-12-24-23(27)19-10-7-11-20-22(19)26(5)14-25-20;1-13-10-14(2)18(15(3)11-13)24-9-8-21-20(24)16-6-5-7-17-19(16)23(4)12-22-17;1-13-6-4-7-14(2)17(13)23-11-10-20-19(23)15-8-5-9-16-18(15)22(3)12-21-16;;;;;/h2-15,17-20H,1H3;4-9,11-16H,1-3H3;6-9,11-16H,1-5H3;5,7-12H,1-4H3;4-7,9-12H,1-3H3;;;;;/q5*-1;;;;;. The van der Waals surface area contributed by atoms with Gasteiger partial charge in [-0.25, -0.2) is 0 Å². The molecule has 0 aliphatic heterocycles. The number of hydrogen-bond acceptors (Lipinski definition) is 10. The Morgan fingerprint density at radius 3 is 0.773 bits per heavy atom. The predicted molar refractivity (Wildman–Crippen MR) is 548 cm³/mol. The molecular formula is C116H103Ir5N20-5. The van der Waals surface area contributed by atoms with E-state index in [9.17, 15) is 0 Å². The molecule has 0 N–H and O–H groups in total. The molecule has 0 bridgehead atoms. The van der Waals surface area contributed by atoms with E-state index in [1.807, 2.05) is 224 Å². The molecule has 23 aromatic rings. The summed E-state index contributed by atoms with van der Waals surface area (Å²) >= 11 is 0. The molecule has 25 heteroatoms. The minimum absolute atomic E-state index is 0. The zero-order valence-corrected chi connectivity index (χ0v) is 92.8. The molecule has 0 atom stereocenters. The van der Waals surface area contributed by atoms with Gasteiger partial charge in [-0.1, -0.05) is 219 Å². The van der Waals surface area contributed by atoms with Crippen molar-refractivity contribution in [1.29, 1.82) is 0 Å². The van der Waals surface area contributed by atoms with Crippen molar-refractivity contribution in [1.82, 2.24) is 95.5 Å². The van der Waals surface area contributed by atoms with Crippen LogP contribution in [0.3, 0.4) is 0 Å². The minimum atomic E-state index is 0. The van der Waals surface area contributed by atoms with Gasteiger partial charge < -0.3 is 45.7 Å². The van der Waals surface area contributed by atoms with Crippen molar-refractivity contribution in [2.45, 2.75) is 88.0 Å². The van der Waals surface area contributed by atoms with E-state index in [-0.39, 0.29) is 101 Å². The number of hydrogen-bond donors (Lipinski definition) is 0. The van der Waals surface area contributed by atoms with E-state index >= 15 is 0 Å². The molecule has 0 saturated heterocycles. The number of para-hydroxylation sites is 3. The van der Waals surface area contributed by atoms with Crippen molar-refractivity contribution in [3.8, 4) is 119 Å². The van der Waals surface area contributed by atoms with Gasteiger partial charge in [0, 0.05) is 259 Å². The smallest absolute Gasteiger partial charge is 0.0852 e. The van der Waals surface area contributed by atoms with Gasteiger partial charge >= 0.3 is 0 Å². The zero-order chi connectivity index (χ0) is 94.1. The maximum absolute atomic E-state index is 4.79. The first-order valence-electron chi connectivity index (χ1n) is 45.6. The first kappa shape index (κ1) is 103. The van der Waals surface area contributed by atoms with Crippen LogP contribution in [0.4, 0.5) is 0 Å². The van der Waals surface area contributed by atoms with Crippen molar-refractivity contribution >= 4 is 55.2 Å². The number of fused-ring (bicyclic) bond motifs is 5. The third kappa shape index (κ3) is 20.5. The summed E-state index contributed by atoms with van der Waals surface area (Å²) in [4.78, 5) is 45.8. The maximum atomic E-state index is 4.79. The second kappa shape index (κ2) is 45.0. The number of imidazole rings is 10. The van der Waals surface area contributed by atoms with Crippen LogP contribution in [0.25, 0.3) is 174 Å². The Labute approximate surface area is 889 Å². The third-order valence-corrected chi connectivity index (χ3v) is 25.1. The summed E-state index contributed by atoms with van der Waals surface area (Å²) in [5.41, 5.74) is 38.9. The molecule has 10 aromatic heterocycles.